The van der Waals surface area contributed by atoms with Gasteiger partial charge in [0.05, 0.1) is 7.11 Å². The maximum atomic E-state index is 12.6. The van der Waals surface area contributed by atoms with Crippen molar-refractivity contribution in [3.05, 3.63) is 48.0 Å². The van der Waals surface area contributed by atoms with E-state index in [2.05, 4.69) is 5.32 Å². The summed E-state index contributed by atoms with van der Waals surface area (Å²) in [4.78, 5) is 25.1. The Morgan fingerprint density at radius 1 is 1.00 bits per heavy atom. The molecule has 1 unspecified atom stereocenters. The maximum Gasteiger partial charge on any atom is 0.334 e. The van der Waals surface area contributed by atoms with E-state index >= 15 is 0 Å². The van der Waals surface area contributed by atoms with Gasteiger partial charge < -0.3 is 24.3 Å². The third kappa shape index (κ3) is 4.31. The SMILES string of the molecule is COc1ccc(C(=O)NC(C(=O)Oc2ccc3c(c2)OCO3)C(C)C)cc1. The van der Waals surface area contributed by atoms with E-state index in [1.807, 2.05) is 13.8 Å². The molecule has 2 aromatic rings. The van der Waals surface area contributed by atoms with Crippen molar-refractivity contribution in [2.45, 2.75) is 19.9 Å². The van der Waals surface area contributed by atoms with Crippen molar-refractivity contribution in [1.82, 2.24) is 5.32 Å². The van der Waals surface area contributed by atoms with Crippen molar-refractivity contribution in [3.8, 4) is 23.0 Å². The zero-order valence-electron chi connectivity index (χ0n) is 15.4. The van der Waals surface area contributed by atoms with Gasteiger partial charge in [-0.25, -0.2) is 4.79 Å². The van der Waals surface area contributed by atoms with Crippen molar-refractivity contribution in [1.29, 1.82) is 0 Å². The predicted molar refractivity (Wildman–Crippen MR) is 97.3 cm³/mol. The lowest BCUT2D eigenvalue weighted by molar-refractivity contribution is -0.137. The second-order valence-electron chi connectivity index (χ2n) is 6.36. The molecule has 1 aliphatic heterocycles. The van der Waals surface area contributed by atoms with Gasteiger partial charge >= 0.3 is 5.97 Å². The Balaban J connectivity index is 1.68. The molecule has 1 N–H and O–H groups in total. The molecule has 2 aromatic carbocycles. The van der Waals surface area contributed by atoms with Gasteiger partial charge in [-0.3, -0.25) is 4.79 Å². The number of methoxy groups -OCH3 is 1. The molecular weight excluding hydrogens is 350 g/mol. The fourth-order valence-electron chi connectivity index (χ4n) is 2.58. The van der Waals surface area contributed by atoms with E-state index in [0.717, 1.165) is 0 Å². The first-order chi connectivity index (χ1) is 13.0. The number of fused-ring (bicyclic) bond motifs is 1. The van der Waals surface area contributed by atoms with Crippen LogP contribution in [0.5, 0.6) is 23.0 Å². The fourth-order valence-corrected chi connectivity index (χ4v) is 2.58. The maximum absolute atomic E-state index is 12.6. The van der Waals surface area contributed by atoms with E-state index in [4.69, 9.17) is 18.9 Å². The number of hydrogen-bond donors (Lipinski definition) is 1. The van der Waals surface area contributed by atoms with Crippen LogP contribution < -0.4 is 24.3 Å². The number of esters is 1. The minimum Gasteiger partial charge on any atom is -0.497 e. The molecule has 27 heavy (non-hydrogen) atoms. The highest BCUT2D eigenvalue weighted by Gasteiger charge is 2.27. The van der Waals surface area contributed by atoms with Gasteiger partial charge in [-0.1, -0.05) is 13.8 Å². The van der Waals surface area contributed by atoms with Crippen LogP contribution in [0.2, 0.25) is 0 Å². The number of carbonyl (C=O) groups is 2. The first-order valence-corrected chi connectivity index (χ1v) is 8.54. The first kappa shape index (κ1) is 18.6. The van der Waals surface area contributed by atoms with E-state index < -0.39 is 12.0 Å². The van der Waals surface area contributed by atoms with Gasteiger partial charge in [0.2, 0.25) is 6.79 Å². The van der Waals surface area contributed by atoms with Gasteiger partial charge in [-0.2, -0.15) is 0 Å². The highest BCUT2D eigenvalue weighted by atomic mass is 16.7. The third-order valence-electron chi connectivity index (χ3n) is 4.12. The summed E-state index contributed by atoms with van der Waals surface area (Å²) >= 11 is 0. The van der Waals surface area contributed by atoms with Crippen LogP contribution in [0.3, 0.4) is 0 Å². The highest BCUT2D eigenvalue weighted by Crippen LogP contribution is 2.35. The molecule has 7 nitrogen and oxygen atoms in total. The molecule has 1 amide bonds. The van der Waals surface area contributed by atoms with E-state index in [0.29, 0.717) is 28.6 Å². The monoisotopic (exact) mass is 371 g/mol. The van der Waals surface area contributed by atoms with Gasteiger partial charge in [0, 0.05) is 11.6 Å². The summed E-state index contributed by atoms with van der Waals surface area (Å²) in [5, 5.41) is 2.73. The topological polar surface area (TPSA) is 83.1 Å². The number of amides is 1. The minimum atomic E-state index is -0.801. The molecule has 0 saturated heterocycles. The molecule has 7 heteroatoms. The molecule has 0 aromatic heterocycles. The lowest BCUT2D eigenvalue weighted by atomic mass is 10.0. The average Bonchev–Trinajstić information content (AvgIpc) is 3.13. The van der Waals surface area contributed by atoms with Crippen molar-refractivity contribution in [3.63, 3.8) is 0 Å². The summed E-state index contributed by atoms with van der Waals surface area (Å²) in [5.41, 5.74) is 0.428. The second kappa shape index (κ2) is 7.99. The van der Waals surface area contributed by atoms with Crippen LogP contribution in [0.25, 0.3) is 0 Å². The molecule has 0 fully saturated rings. The standard InChI is InChI=1S/C20H21NO6/c1-12(2)18(21-19(22)13-4-6-14(24-3)7-5-13)20(23)27-15-8-9-16-17(10-15)26-11-25-16/h4-10,12,18H,11H2,1-3H3,(H,21,22). The fraction of sp³-hybridized carbons (Fsp3) is 0.300. The predicted octanol–water partition coefficient (Wildman–Crippen LogP) is 2.78. The largest absolute Gasteiger partial charge is 0.497 e. The quantitative estimate of drug-likeness (QED) is 0.621. The lowest BCUT2D eigenvalue weighted by Gasteiger charge is -2.21. The number of carbonyl (C=O) groups excluding carboxylic acids is 2. The third-order valence-corrected chi connectivity index (χ3v) is 4.12. The van der Waals surface area contributed by atoms with Crippen LogP contribution >= 0.6 is 0 Å². The van der Waals surface area contributed by atoms with Gasteiger partial charge in [-0.05, 0) is 42.3 Å². The number of benzene rings is 2. The van der Waals surface area contributed by atoms with E-state index in [9.17, 15) is 9.59 Å². The van der Waals surface area contributed by atoms with Crippen LogP contribution in [0.4, 0.5) is 0 Å². The molecule has 3 rings (SSSR count). The molecule has 0 saturated carbocycles. The summed E-state index contributed by atoms with van der Waals surface area (Å²) in [5.74, 6) is 1.02. The van der Waals surface area contributed by atoms with E-state index in [1.54, 1.807) is 49.6 Å². The molecule has 0 bridgehead atoms. The normalized spacial score (nSPS) is 13.2. The summed E-state index contributed by atoms with van der Waals surface area (Å²) in [6.07, 6.45) is 0. The van der Waals surface area contributed by atoms with E-state index in [1.165, 1.54) is 0 Å². The van der Waals surface area contributed by atoms with Crippen LogP contribution in [0, 0.1) is 5.92 Å². The van der Waals surface area contributed by atoms with Crippen molar-refractivity contribution in [2.75, 3.05) is 13.9 Å². The Kier molecular flexibility index (Phi) is 5.49. The van der Waals surface area contributed by atoms with Crippen LogP contribution in [0.1, 0.15) is 24.2 Å². The molecule has 142 valence electrons. The number of nitrogens with one attached hydrogen (secondary N) is 1. The van der Waals surface area contributed by atoms with Gasteiger partial charge in [0.1, 0.15) is 17.5 Å². The summed E-state index contributed by atoms with van der Waals surface area (Å²) in [7, 11) is 1.55. The smallest absolute Gasteiger partial charge is 0.334 e. The Morgan fingerprint density at radius 3 is 2.33 bits per heavy atom. The van der Waals surface area contributed by atoms with Crippen LogP contribution in [0.15, 0.2) is 42.5 Å². The Bertz CT molecular complexity index is 831. The van der Waals surface area contributed by atoms with Crippen LogP contribution in [-0.4, -0.2) is 31.8 Å². The van der Waals surface area contributed by atoms with Gasteiger partial charge in [0.15, 0.2) is 11.5 Å². The summed E-state index contributed by atoms with van der Waals surface area (Å²) in [6.45, 7) is 3.80. The van der Waals surface area contributed by atoms with Crippen molar-refractivity contribution < 1.29 is 28.5 Å². The van der Waals surface area contributed by atoms with Gasteiger partial charge in [-0.15, -0.1) is 0 Å². The average molecular weight is 371 g/mol. The lowest BCUT2D eigenvalue weighted by Crippen LogP contribution is -2.46. The molecular formula is C20H21NO6. The minimum absolute atomic E-state index is 0.138. The first-order valence-electron chi connectivity index (χ1n) is 8.54. The second-order valence-corrected chi connectivity index (χ2v) is 6.36. The Hall–Kier alpha value is -3.22. The van der Waals surface area contributed by atoms with Crippen LogP contribution in [-0.2, 0) is 4.79 Å². The molecule has 0 radical (unpaired) electrons. The Morgan fingerprint density at radius 2 is 1.67 bits per heavy atom. The van der Waals surface area contributed by atoms with E-state index in [-0.39, 0.29) is 18.6 Å². The number of ether oxygens (including phenoxy) is 4. The number of hydrogen-bond acceptors (Lipinski definition) is 6. The zero-order valence-corrected chi connectivity index (χ0v) is 15.4. The summed E-state index contributed by atoms with van der Waals surface area (Å²) < 4.78 is 21.0. The van der Waals surface area contributed by atoms with Crippen molar-refractivity contribution in [2.24, 2.45) is 5.92 Å². The molecule has 0 aliphatic carbocycles. The highest BCUT2D eigenvalue weighted by molar-refractivity contribution is 5.97. The zero-order chi connectivity index (χ0) is 19.4. The van der Waals surface area contributed by atoms with Gasteiger partial charge in [0.25, 0.3) is 5.91 Å². The molecule has 0 spiro atoms. The number of rotatable bonds is 6. The summed E-state index contributed by atoms with van der Waals surface area (Å²) in [6, 6.07) is 10.7. The van der Waals surface area contributed by atoms with Crippen molar-refractivity contribution >= 4 is 11.9 Å². The Labute approximate surface area is 157 Å². The molecule has 1 aliphatic rings. The molecule has 1 heterocycles. The molecule has 1 atom stereocenters.